The largest absolute Gasteiger partial charge is 0.368 e. The highest BCUT2D eigenvalue weighted by Gasteiger charge is 2.24. The fourth-order valence-electron chi connectivity index (χ4n) is 2.82. The van der Waals surface area contributed by atoms with E-state index in [1.807, 2.05) is 6.07 Å². The van der Waals surface area contributed by atoms with Gasteiger partial charge in [-0.1, -0.05) is 0 Å². The Hall–Kier alpha value is -2.68. The number of amides is 4. The normalized spacial score (nSPS) is 18.9. The second-order valence-electron chi connectivity index (χ2n) is 6.27. The molecule has 0 spiro atoms. The predicted octanol–water partition coefficient (Wildman–Crippen LogP) is -0.286. The van der Waals surface area contributed by atoms with Crippen molar-refractivity contribution >= 4 is 29.4 Å². The van der Waals surface area contributed by atoms with Crippen LogP contribution in [0.5, 0.6) is 0 Å². The molecule has 9 heteroatoms. The van der Waals surface area contributed by atoms with Gasteiger partial charge in [0.25, 0.3) is 0 Å². The molecule has 0 bridgehead atoms. The van der Waals surface area contributed by atoms with E-state index in [1.165, 1.54) is 4.90 Å². The van der Waals surface area contributed by atoms with Gasteiger partial charge in [0, 0.05) is 39.1 Å². The van der Waals surface area contributed by atoms with Gasteiger partial charge in [-0.25, -0.2) is 9.78 Å². The molecule has 4 amide bonds. The van der Waals surface area contributed by atoms with Crippen LogP contribution < -0.4 is 15.5 Å². The number of anilines is 2. The van der Waals surface area contributed by atoms with Gasteiger partial charge in [0.2, 0.25) is 11.8 Å². The fourth-order valence-corrected chi connectivity index (χ4v) is 2.82. The summed E-state index contributed by atoms with van der Waals surface area (Å²) in [6.45, 7) is 4.06. The zero-order valence-corrected chi connectivity index (χ0v) is 14.2. The molecule has 2 aliphatic rings. The molecule has 0 radical (unpaired) electrons. The summed E-state index contributed by atoms with van der Waals surface area (Å²) in [5, 5.41) is 4.86. The first-order chi connectivity index (χ1) is 12.0. The molecule has 0 unspecified atom stereocenters. The molecule has 0 aliphatic carbocycles. The Balaban J connectivity index is 1.52. The molecule has 9 nitrogen and oxygen atoms in total. The molecule has 3 heterocycles. The van der Waals surface area contributed by atoms with Crippen LogP contribution in [0.15, 0.2) is 18.3 Å². The number of carbonyl (C=O) groups is 3. The highest BCUT2D eigenvalue weighted by Crippen LogP contribution is 2.16. The molecule has 25 heavy (non-hydrogen) atoms. The number of carbonyl (C=O) groups excluding carboxylic acids is 3. The Morgan fingerprint density at radius 3 is 2.60 bits per heavy atom. The smallest absolute Gasteiger partial charge is 0.324 e. The molecule has 1 aromatic heterocycles. The third-order valence-electron chi connectivity index (χ3n) is 4.36. The SMILES string of the molecule is CN1CCN(c2ccc(NC(=O)CN3CCC(=O)NC3=O)nc2)CC1. The summed E-state index contributed by atoms with van der Waals surface area (Å²) in [4.78, 5) is 44.9. The van der Waals surface area contributed by atoms with Crippen molar-refractivity contribution in [2.75, 3.05) is 56.5 Å². The second-order valence-corrected chi connectivity index (χ2v) is 6.27. The molecule has 134 valence electrons. The number of likely N-dealkylation sites (N-methyl/N-ethyl adjacent to an activating group) is 1. The van der Waals surface area contributed by atoms with Crippen molar-refractivity contribution < 1.29 is 14.4 Å². The molecule has 2 saturated heterocycles. The second kappa shape index (κ2) is 7.47. The number of nitrogens with one attached hydrogen (secondary N) is 2. The highest BCUT2D eigenvalue weighted by molar-refractivity contribution is 5.99. The standard InChI is InChI=1S/C16H22N6O3/c1-20-6-8-21(9-7-20)12-2-3-13(17-10-12)18-15(24)11-22-5-4-14(23)19-16(22)25/h2-3,10H,4-9,11H2,1H3,(H,17,18,24)(H,19,23,25). The lowest BCUT2D eigenvalue weighted by atomic mass is 10.3. The summed E-state index contributed by atoms with van der Waals surface area (Å²) in [6.07, 6.45) is 1.95. The van der Waals surface area contributed by atoms with Gasteiger partial charge in [0.05, 0.1) is 11.9 Å². The molecule has 0 aromatic carbocycles. The third-order valence-corrected chi connectivity index (χ3v) is 4.36. The summed E-state index contributed by atoms with van der Waals surface area (Å²) >= 11 is 0. The Morgan fingerprint density at radius 1 is 1.20 bits per heavy atom. The van der Waals surface area contributed by atoms with Crippen molar-refractivity contribution in [2.45, 2.75) is 6.42 Å². The highest BCUT2D eigenvalue weighted by atomic mass is 16.2. The number of rotatable bonds is 4. The first-order valence-corrected chi connectivity index (χ1v) is 8.29. The van der Waals surface area contributed by atoms with Gasteiger partial charge in [-0.2, -0.15) is 0 Å². The van der Waals surface area contributed by atoms with Crippen molar-refractivity contribution in [3.05, 3.63) is 18.3 Å². The van der Waals surface area contributed by atoms with E-state index in [1.54, 1.807) is 12.3 Å². The van der Waals surface area contributed by atoms with Crippen LogP contribution in [-0.4, -0.2) is 78.9 Å². The Bertz CT molecular complexity index is 654. The lowest BCUT2D eigenvalue weighted by molar-refractivity contribution is -0.123. The molecule has 2 fully saturated rings. The number of imide groups is 1. The Labute approximate surface area is 146 Å². The van der Waals surface area contributed by atoms with Gasteiger partial charge in [-0.05, 0) is 19.2 Å². The van der Waals surface area contributed by atoms with E-state index in [4.69, 9.17) is 0 Å². The zero-order chi connectivity index (χ0) is 17.8. The first-order valence-electron chi connectivity index (χ1n) is 8.29. The maximum Gasteiger partial charge on any atom is 0.324 e. The molecule has 2 N–H and O–H groups in total. The van der Waals surface area contributed by atoms with E-state index in [9.17, 15) is 14.4 Å². The van der Waals surface area contributed by atoms with Gasteiger partial charge in [0.15, 0.2) is 0 Å². The van der Waals surface area contributed by atoms with Crippen LogP contribution in [0.4, 0.5) is 16.3 Å². The number of hydrogen-bond donors (Lipinski definition) is 2. The minimum Gasteiger partial charge on any atom is -0.368 e. The van der Waals surface area contributed by atoms with Crippen LogP contribution in [0, 0.1) is 0 Å². The van der Waals surface area contributed by atoms with Gasteiger partial charge in [-0.15, -0.1) is 0 Å². The quantitative estimate of drug-likeness (QED) is 0.778. The van der Waals surface area contributed by atoms with Crippen LogP contribution in [0.2, 0.25) is 0 Å². The van der Waals surface area contributed by atoms with Gasteiger partial charge < -0.3 is 20.0 Å². The average Bonchev–Trinajstić information content (AvgIpc) is 2.59. The predicted molar refractivity (Wildman–Crippen MR) is 92.3 cm³/mol. The topological polar surface area (TPSA) is 97.9 Å². The number of aromatic nitrogens is 1. The van der Waals surface area contributed by atoms with Gasteiger partial charge >= 0.3 is 6.03 Å². The van der Waals surface area contributed by atoms with E-state index >= 15 is 0 Å². The minimum atomic E-state index is -0.537. The van der Waals surface area contributed by atoms with Crippen LogP contribution in [0.25, 0.3) is 0 Å². The van der Waals surface area contributed by atoms with Crippen LogP contribution >= 0.6 is 0 Å². The number of hydrogen-bond acceptors (Lipinski definition) is 6. The van der Waals surface area contributed by atoms with Crippen molar-refractivity contribution in [2.24, 2.45) is 0 Å². The van der Waals surface area contributed by atoms with Gasteiger partial charge in [-0.3, -0.25) is 14.9 Å². The first kappa shape index (κ1) is 17.2. The third kappa shape index (κ3) is 4.44. The number of urea groups is 1. The van der Waals surface area contributed by atoms with Crippen molar-refractivity contribution in [3.8, 4) is 0 Å². The number of pyridine rings is 1. The van der Waals surface area contributed by atoms with E-state index < -0.39 is 6.03 Å². The Morgan fingerprint density at radius 2 is 1.96 bits per heavy atom. The molecule has 3 rings (SSSR count). The number of nitrogens with zero attached hydrogens (tertiary/aromatic N) is 4. The van der Waals surface area contributed by atoms with Crippen molar-refractivity contribution in [1.82, 2.24) is 20.1 Å². The van der Waals surface area contributed by atoms with Crippen molar-refractivity contribution in [3.63, 3.8) is 0 Å². The fraction of sp³-hybridized carbons (Fsp3) is 0.500. The zero-order valence-electron chi connectivity index (χ0n) is 14.2. The maximum atomic E-state index is 12.1. The molecule has 1 aromatic rings. The van der Waals surface area contributed by atoms with E-state index in [0.717, 1.165) is 31.9 Å². The summed E-state index contributed by atoms with van der Waals surface area (Å²) < 4.78 is 0. The summed E-state index contributed by atoms with van der Waals surface area (Å²) in [5.74, 6) is -0.219. The molecule has 2 aliphatic heterocycles. The maximum absolute atomic E-state index is 12.1. The monoisotopic (exact) mass is 346 g/mol. The van der Waals surface area contributed by atoms with Gasteiger partial charge in [0.1, 0.15) is 12.4 Å². The van der Waals surface area contributed by atoms with E-state index in [-0.39, 0.29) is 31.3 Å². The van der Waals surface area contributed by atoms with E-state index in [0.29, 0.717) is 5.82 Å². The van der Waals surface area contributed by atoms with Crippen molar-refractivity contribution in [1.29, 1.82) is 0 Å². The molecule has 0 atom stereocenters. The molecular weight excluding hydrogens is 324 g/mol. The lowest BCUT2D eigenvalue weighted by Crippen LogP contribution is -2.51. The molecule has 0 saturated carbocycles. The van der Waals surface area contributed by atoms with Crippen LogP contribution in [0.3, 0.4) is 0 Å². The minimum absolute atomic E-state index is 0.110. The lowest BCUT2D eigenvalue weighted by Gasteiger charge is -2.33. The van der Waals surface area contributed by atoms with E-state index in [2.05, 4.69) is 32.5 Å². The van der Waals surface area contributed by atoms with Crippen LogP contribution in [0.1, 0.15) is 6.42 Å². The average molecular weight is 346 g/mol. The summed E-state index contributed by atoms with van der Waals surface area (Å²) in [5.41, 5.74) is 1.03. The number of piperazine rings is 1. The molecular formula is C16H22N6O3. The van der Waals surface area contributed by atoms with Crippen LogP contribution in [-0.2, 0) is 9.59 Å². The summed E-state index contributed by atoms with van der Waals surface area (Å²) in [6, 6.07) is 3.15. The summed E-state index contributed by atoms with van der Waals surface area (Å²) in [7, 11) is 2.10. The Kier molecular flexibility index (Phi) is 5.13.